The van der Waals surface area contributed by atoms with Crippen LogP contribution in [0.2, 0.25) is 0 Å². The Balaban J connectivity index is 2.01. The van der Waals surface area contributed by atoms with Crippen LogP contribution in [-0.2, 0) is 26.2 Å². The molecule has 39 heavy (non-hydrogen) atoms. The lowest BCUT2D eigenvalue weighted by Crippen LogP contribution is -2.51. The van der Waals surface area contributed by atoms with Gasteiger partial charge in [-0.15, -0.1) is 0 Å². The molecule has 0 heterocycles. The molecule has 8 nitrogen and oxygen atoms in total. The summed E-state index contributed by atoms with van der Waals surface area (Å²) in [5, 5.41) is 2.83. The summed E-state index contributed by atoms with van der Waals surface area (Å²) in [6.07, 6.45) is 0. The minimum Gasteiger partial charge on any atom is -0.497 e. The predicted molar refractivity (Wildman–Crippen MR) is 148 cm³/mol. The van der Waals surface area contributed by atoms with Crippen molar-refractivity contribution >= 4 is 27.5 Å². The van der Waals surface area contributed by atoms with Gasteiger partial charge in [-0.05, 0) is 54.8 Å². The standard InChI is InChI=1S/C29H34FN3O5S/c1-21(2)18-31-29(35)22(3)32(19-23-13-15-24(30)16-14-23)28(34)20-33(25-9-8-10-26(17-25)38-4)39(36,37)27-11-6-5-7-12-27/h5-17,21-22H,18-20H2,1-4H3,(H,31,35)/t22-/m0/s1. The van der Waals surface area contributed by atoms with Crippen LogP contribution in [0.1, 0.15) is 26.3 Å². The van der Waals surface area contributed by atoms with Crippen LogP contribution in [0.25, 0.3) is 0 Å². The van der Waals surface area contributed by atoms with Crippen molar-refractivity contribution in [3.8, 4) is 5.75 Å². The van der Waals surface area contributed by atoms with Crippen molar-refractivity contribution < 1.29 is 27.1 Å². The normalized spacial score (nSPS) is 12.1. The van der Waals surface area contributed by atoms with Gasteiger partial charge in [0.1, 0.15) is 24.2 Å². The SMILES string of the molecule is COc1cccc(N(CC(=O)N(Cc2ccc(F)cc2)[C@@H](C)C(=O)NCC(C)C)S(=O)(=O)c2ccccc2)c1. The highest BCUT2D eigenvalue weighted by Crippen LogP contribution is 2.27. The Morgan fingerprint density at radius 3 is 2.23 bits per heavy atom. The van der Waals surface area contributed by atoms with E-state index in [-0.39, 0.29) is 29.0 Å². The van der Waals surface area contributed by atoms with Crippen LogP contribution in [0.15, 0.2) is 83.8 Å². The first-order chi connectivity index (χ1) is 18.5. The number of ether oxygens (including phenoxy) is 1. The molecule has 208 valence electrons. The van der Waals surface area contributed by atoms with Crippen LogP contribution in [0, 0.1) is 11.7 Å². The molecule has 10 heteroatoms. The molecular formula is C29H34FN3O5S. The van der Waals surface area contributed by atoms with Gasteiger partial charge in [0, 0.05) is 19.2 Å². The van der Waals surface area contributed by atoms with Gasteiger partial charge in [-0.2, -0.15) is 0 Å². The third-order valence-electron chi connectivity index (χ3n) is 6.07. The maximum absolute atomic E-state index is 13.8. The lowest BCUT2D eigenvalue weighted by molar-refractivity contribution is -0.139. The molecule has 0 aromatic heterocycles. The van der Waals surface area contributed by atoms with Crippen LogP contribution in [0.5, 0.6) is 5.75 Å². The van der Waals surface area contributed by atoms with E-state index in [2.05, 4.69) is 5.32 Å². The Morgan fingerprint density at radius 1 is 0.949 bits per heavy atom. The lowest BCUT2D eigenvalue weighted by Gasteiger charge is -2.32. The second-order valence-electron chi connectivity index (χ2n) is 9.49. The molecule has 0 aliphatic carbocycles. The maximum Gasteiger partial charge on any atom is 0.264 e. The smallest absolute Gasteiger partial charge is 0.264 e. The quantitative estimate of drug-likeness (QED) is 0.361. The third-order valence-corrected chi connectivity index (χ3v) is 7.86. The summed E-state index contributed by atoms with van der Waals surface area (Å²) < 4.78 is 47.3. The highest BCUT2D eigenvalue weighted by atomic mass is 32.2. The number of amides is 2. The second-order valence-corrected chi connectivity index (χ2v) is 11.4. The zero-order chi connectivity index (χ0) is 28.6. The van der Waals surface area contributed by atoms with Gasteiger partial charge >= 0.3 is 0 Å². The summed E-state index contributed by atoms with van der Waals surface area (Å²) >= 11 is 0. The predicted octanol–water partition coefficient (Wildman–Crippen LogP) is 4.22. The molecule has 2 amide bonds. The Morgan fingerprint density at radius 2 is 1.62 bits per heavy atom. The number of rotatable bonds is 12. The summed E-state index contributed by atoms with van der Waals surface area (Å²) in [4.78, 5) is 28.1. The van der Waals surface area contributed by atoms with E-state index in [1.54, 1.807) is 43.3 Å². The summed E-state index contributed by atoms with van der Waals surface area (Å²) in [7, 11) is -2.71. The molecule has 3 rings (SSSR count). The summed E-state index contributed by atoms with van der Waals surface area (Å²) in [6, 6.07) is 18.8. The van der Waals surface area contributed by atoms with Gasteiger partial charge in [0.15, 0.2) is 0 Å². The van der Waals surface area contributed by atoms with Crippen molar-refractivity contribution in [3.63, 3.8) is 0 Å². The lowest BCUT2D eigenvalue weighted by atomic mass is 10.1. The molecule has 0 fully saturated rings. The third kappa shape index (κ3) is 7.79. The van der Waals surface area contributed by atoms with Gasteiger partial charge < -0.3 is 15.0 Å². The van der Waals surface area contributed by atoms with Crippen molar-refractivity contribution in [1.82, 2.24) is 10.2 Å². The molecule has 0 aliphatic rings. The van der Waals surface area contributed by atoms with Crippen LogP contribution in [0.3, 0.4) is 0 Å². The number of methoxy groups -OCH3 is 1. The minimum atomic E-state index is -4.17. The van der Waals surface area contributed by atoms with Crippen LogP contribution >= 0.6 is 0 Å². The summed E-state index contributed by atoms with van der Waals surface area (Å²) in [6.45, 7) is 5.30. The van der Waals surface area contributed by atoms with E-state index in [0.717, 1.165) is 4.31 Å². The van der Waals surface area contributed by atoms with E-state index in [0.29, 0.717) is 17.9 Å². The van der Waals surface area contributed by atoms with E-state index in [1.165, 1.54) is 54.5 Å². The molecular weight excluding hydrogens is 521 g/mol. The molecule has 3 aromatic rings. The molecule has 0 saturated carbocycles. The molecule has 0 aliphatic heterocycles. The van der Waals surface area contributed by atoms with Crippen molar-refractivity contribution in [2.45, 2.75) is 38.3 Å². The van der Waals surface area contributed by atoms with Gasteiger partial charge in [-0.25, -0.2) is 12.8 Å². The molecule has 0 spiro atoms. The zero-order valence-corrected chi connectivity index (χ0v) is 23.3. The van der Waals surface area contributed by atoms with Crippen LogP contribution in [-0.4, -0.2) is 51.4 Å². The van der Waals surface area contributed by atoms with Gasteiger partial charge in [-0.1, -0.05) is 50.2 Å². The number of nitrogens with one attached hydrogen (secondary N) is 1. The van der Waals surface area contributed by atoms with Gasteiger partial charge in [-0.3, -0.25) is 13.9 Å². The van der Waals surface area contributed by atoms with E-state index in [9.17, 15) is 22.4 Å². The number of hydrogen-bond donors (Lipinski definition) is 1. The van der Waals surface area contributed by atoms with Crippen molar-refractivity contribution in [2.75, 3.05) is 24.5 Å². The Bertz CT molecular complexity index is 1370. The number of anilines is 1. The highest BCUT2D eigenvalue weighted by Gasteiger charge is 2.32. The van der Waals surface area contributed by atoms with E-state index < -0.39 is 34.3 Å². The van der Waals surface area contributed by atoms with E-state index in [4.69, 9.17) is 4.74 Å². The first-order valence-corrected chi connectivity index (χ1v) is 14.0. The van der Waals surface area contributed by atoms with Gasteiger partial charge in [0.05, 0.1) is 17.7 Å². The first kappa shape index (κ1) is 29.6. The zero-order valence-electron chi connectivity index (χ0n) is 22.5. The number of halogens is 1. The largest absolute Gasteiger partial charge is 0.497 e. The average Bonchev–Trinajstić information content (AvgIpc) is 2.94. The Labute approximate surface area is 229 Å². The number of carbonyl (C=O) groups excluding carboxylic acids is 2. The maximum atomic E-state index is 13.8. The molecule has 0 saturated heterocycles. The molecule has 1 N–H and O–H groups in total. The number of carbonyl (C=O) groups is 2. The fourth-order valence-corrected chi connectivity index (χ4v) is 5.26. The number of sulfonamides is 1. The van der Waals surface area contributed by atoms with Crippen molar-refractivity contribution in [3.05, 3.63) is 90.2 Å². The Hall–Kier alpha value is -3.92. The summed E-state index contributed by atoms with van der Waals surface area (Å²) in [5.74, 6) is -0.802. The summed E-state index contributed by atoms with van der Waals surface area (Å²) in [5.41, 5.74) is 0.817. The highest BCUT2D eigenvalue weighted by molar-refractivity contribution is 7.92. The number of hydrogen-bond acceptors (Lipinski definition) is 5. The van der Waals surface area contributed by atoms with Gasteiger partial charge in [0.25, 0.3) is 10.0 Å². The second kappa shape index (κ2) is 13.2. The molecule has 1 atom stereocenters. The number of nitrogens with zero attached hydrogens (tertiary/aromatic N) is 2. The molecule has 3 aromatic carbocycles. The van der Waals surface area contributed by atoms with Gasteiger partial charge in [0.2, 0.25) is 11.8 Å². The fourth-order valence-electron chi connectivity index (χ4n) is 3.84. The first-order valence-electron chi connectivity index (χ1n) is 12.6. The topological polar surface area (TPSA) is 96.0 Å². The van der Waals surface area contributed by atoms with Crippen LogP contribution in [0.4, 0.5) is 10.1 Å². The molecule has 0 unspecified atom stereocenters. The number of benzene rings is 3. The molecule has 0 bridgehead atoms. The van der Waals surface area contributed by atoms with Crippen molar-refractivity contribution in [2.24, 2.45) is 5.92 Å². The fraction of sp³-hybridized carbons (Fsp3) is 0.310. The molecule has 0 radical (unpaired) electrons. The monoisotopic (exact) mass is 555 g/mol. The van der Waals surface area contributed by atoms with E-state index in [1.807, 2.05) is 13.8 Å². The Kier molecular flexibility index (Phi) is 10.1. The average molecular weight is 556 g/mol. The van der Waals surface area contributed by atoms with Crippen LogP contribution < -0.4 is 14.4 Å². The minimum absolute atomic E-state index is 0.00781. The van der Waals surface area contributed by atoms with Crippen molar-refractivity contribution in [1.29, 1.82) is 0 Å². The van der Waals surface area contributed by atoms with E-state index >= 15 is 0 Å².